The van der Waals surface area contributed by atoms with Crippen LogP contribution in [0.2, 0.25) is 0 Å². The molecule has 0 radical (unpaired) electrons. The SMILES string of the molecule is C[C@@H](c1ccccc1)N1CC[C@@H](NS(=O)(=O)c2cccc(C(F)(F)F)c2)C1. The maximum absolute atomic E-state index is 12.8. The number of likely N-dealkylation sites (tertiary alicyclic amines) is 1. The van der Waals surface area contributed by atoms with Gasteiger partial charge in [0, 0.05) is 25.2 Å². The van der Waals surface area contributed by atoms with Crippen LogP contribution < -0.4 is 4.72 Å². The van der Waals surface area contributed by atoms with Gasteiger partial charge in [-0.3, -0.25) is 4.90 Å². The van der Waals surface area contributed by atoms with Crippen molar-refractivity contribution in [2.75, 3.05) is 13.1 Å². The van der Waals surface area contributed by atoms with E-state index >= 15 is 0 Å². The number of halogens is 3. The molecule has 0 aliphatic carbocycles. The maximum atomic E-state index is 12.8. The minimum atomic E-state index is -4.58. The normalized spacial score (nSPS) is 19.9. The highest BCUT2D eigenvalue weighted by atomic mass is 32.2. The molecule has 146 valence electrons. The van der Waals surface area contributed by atoms with Crippen LogP contribution in [0.25, 0.3) is 0 Å². The topological polar surface area (TPSA) is 49.4 Å². The van der Waals surface area contributed by atoms with E-state index in [1.165, 1.54) is 6.07 Å². The molecule has 1 fully saturated rings. The second kappa shape index (κ2) is 7.61. The second-order valence-corrected chi connectivity index (χ2v) is 8.43. The zero-order chi connectivity index (χ0) is 19.7. The summed E-state index contributed by atoms with van der Waals surface area (Å²) >= 11 is 0. The van der Waals surface area contributed by atoms with E-state index in [1.807, 2.05) is 30.3 Å². The summed E-state index contributed by atoms with van der Waals surface area (Å²) in [5.74, 6) is 0. The van der Waals surface area contributed by atoms with Crippen molar-refractivity contribution >= 4 is 10.0 Å². The summed E-state index contributed by atoms with van der Waals surface area (Å²) < 4.78 is 66.1. The third kappa shape index (κ3) is 4.69. The second-order valence-electron chi connectivity index (χ2n) is 6.71. The fraction of sp³-hybridized carbons (Fsp3) is 0.368. The number of sulfonamides is 1. The molecule has 8 heteroatoms. The van der Waals surface area contributed by atoms with Crippen LogP contribution in [0, 0.1) is 0 Å². The van der Waals surface area contributed by atoms with Gasteiger partial charge in [0.25, 0.3) is 0 Å². The first-order valence-electron chi connectivity index (χ1n) is 8.65. The minimum absolute atomic E-state index is 0.134. The summed E-state index contributed by atoms with van der Waals surface area (Å²) in [4.78, 5) is 1.79. The lowest BCUT2D eigenvalue weighted by atomic mass is 10.1. The van der Waals surface area contributed by atoms with Gasteiger partial charge in [0.05, 0.1) is 10.5 Å². The van der Waals surface area contributed by atoms with Gasteiger partial charge in [-0.05, 0) is 37.1 Å². The Morgan fingerprint density at radius 3 is 2.48 bits per heavy atom. The van der Waals surface area contributed by atoms with Crippen molar-refractivity contribution in [1.29, 1.82) is 0 Å². The highest BCUT2D eigenvalue weighted by Gasteiger charge is 2.33. The highest BCUT2D eigenvalue weighted by molar-refractivity contribution is 7.89. The van der Waals surface area contributed by atoms with Crippen molar-refractivity contribution in [1.82, 2.24) is 9.62 Å². The summed E-state index contributed by atoms with van der Waals surface area (Å²) in [6.07, 6.45) is -3.98. The van der Waals surface area contributed by atoms with E-state index in [-0.39, 0.29) is 17.0 Å². The molecule has 2 aromatic rings. The van der Waals surface area contributed by atoms with E-state index in [2.05, 4.69) is 16.5 Å². The van der Waals surface area contributed by atoms with Gasteiger partial charge in [0.15, 0.2) is 0 Å². The number of benzene rings is 2. The molecular formula is C19H21F3N2O2S. The molecule has 1 N–H and O–H groups in total. The van der Waals surface area contributed by atoms with E-state index in [4.69, 9.17) is 0 Å². The van der Waals surface area contributed by atoms with Crippen molar-refractivity contribution in [2.45, 2.75) is 36.5 Å². The summed E-state index contributed by atoms with van der Waals surface area (Å²) in [6, 6.07) is 13.5. The smallest absolute Gasteiger partial charge is 0.295 e. The molecule has 0 spiro atoms. The van der Waals surface area contributed by atoms with Gasteiger partial charge in [-0.25, -0.2) is 13.1 Å². The lowest BCUT2D eigenvalue weighted by Crippen LogP contribution is -2.37. The monoisotopic (exact) mass is 398 g/mol. The zero-order valence-corrected chi connectivity index (χ0v) is 15.6. The van der Waals surface area contributed by atoms with Crippen LogP contribution in [0.1, 0.15) is 30.5 Å². The van der Waals surface area contributed by atoms with Gasteiger partial charge < -0.3 is 0 Å². The van der Waals surface area contributed by atoms with Gasteiger partial charge in [0.1, 0.15) is 0 Å². The first-order chi connectivity index (χ1) is 12.7. The standard InChI is InChI=1S/C19H21F3N2O2S/c1-14(15-6-3-2-4-7-15)24-11-10-17(13-24)23-27(25,26)18-9-5-8-16(12-18)19(20,21)22/h2-9,12,14,17,23H,10-11,13H2,1H3/t14-,17+/m0/s1. The highest BCUT2D eigenvalue weighted by Crippen LogP contribution is 2.31. The van der Waals surface area contributed by atoms with Crippen LogP contribution in [0.3, 0.4) is 0 Å². The molecule has 27 heavy (non-hydrogen) atoms. The number of alkyl halides is 3. The lowest BCUT2D eigenvalue weighted by Gasteiger charge is -2.24. The maximum Gasteiger partial charge on any atom is 0.416 e. The van der Waals surface area contributed by atoms with E-state index in [1.54, 1.807) is 0 Å². The molecule has 1 aliphatic heterocycles. The van der Waals surface area contributed by atoms with Crippen molar-refractivity contribution in [3.63, 3.8) is 0 Å². The number of nitrogens with zero attached hydrogens (tertiary/aromatic N) is 1. The van der Waals surface area contributed by atoms with Crippen LogP contribution in [0.15, 0.2) is 59.5 Å². The Kier molecular flexibility index (Phi) is 5.60. The number of hydrogen-bond donors (Lipinski definition) is 1. The first kappa shape index (κ1) is 19.9. The van der Waals surface area contributed by atoms with E-state index in [0.29, 0.717) is 25.6 Å². The number of hydrogen-bond acceptors (Lipinski definition) is 3. The predicted molar refractivity (Wildman–Crippen MR) is 96.6 cm³/mol. The molecule has 0 amide bonds. The van der Waals surface area contributed by atoms with Crippen LogP contribution >= 0.6 is 0 Å². The lowest BCUT2D eigenvalue weighted by molar-refractivity contribution is -0.137. The molecule has 0 unspecified atom stereocenters. The Labute approximate surface area is 157 Å². The Morgan fingerprint density at radius 2 is 1.81 bits per heavy atom. The van der Waals surface area contributed by atoms with E-state index in [9.17, 15) is 21.6 Å². The summed E-state index contributed by atoms with van der Waals surface area (Å²) in [7, 11) is -4.02. The Hall–Kier alpha value is -1.90. The van der Waals surface area contributed by atoms with Gasteiger partial charge >= 0.3 is 6.18 Å². The average molecular weight is 398 g/mol. The van der Waals surface area contributed by atoms with Gasteiger partial charge in [-0.15, -0.1) is 0 Å². The Morgan fingerprint density at radius 1 is 1.11 bits per heavy atom. The van der Waals surface area contributed by atoms with Crippen LogP contribution in [-0.2, 0) is 16.2 Å². The van der Waals surface area contributed by atoms with E-state index < -0.39 is 21.8 Å². The zero-order valence-electron chi connectivity index (χ0n) is 14.8. The molecule has 4 nitrogen and oxygen atoms in total. The van der Waals surface area contributed by atoms with Gasteiger partial charge in [0.2, 0.25) is 10.0 Å². The van der Waals surface area contributed by atoms with Crippen LogP contribution in [0.4, 0.5) is 13.2 Å². The number of nitrogens with one attached hydrogen (secondary N) is 1. The summed E-state index contributed by atoms with van der Waals surface area (Å²) in [5.41, 5.74) is 0.162. The van der Waals surface area contributed by atoms with Crippen LogP contribution in [-0.4, -0.2) is 32.4 Å². The fourth-order valence-electron chi connectivity index (χ4n) is 3.30. The molecule has 1 heterocycles. The molecule has 0 bridgehead atoms. The minimum Gasteiger partial charge on any atom is -0.295 e. The van der Waals surface area contributed by atoms with Crippen molar-refractivity contribution in [3.05, 3.63) is 65.7 Å². The van der Waals surface area contributed by atoms with Crippen molar-refractivity contribution in [2.24, 2.45) is 0 Å². The van der Waals surface area contributed by atoms with Gasteiger partial charge in [-0.1, -0.05) is 36.4 Å². The molecule has 0 aromatic heterocycles. The molecule has 1 saturated heterocycles. The number of rotatable bonds is 5. The third-order valence-electron chi connectivity index (χ3n) is 4.84. The Bertz CT molecular complexity index is 885. The fourth-order valence-corrected chi connectivity index (χ4v) is 4.61. The quantitative estimate of drug-likeness (QED) is 0.833. The molecule has 1 aliphatic rings. The van der Waals surface area contributed by atoms with E-state index in [0.717, 1.165) is 17.7 Å². The molecular weight excluding hydrogens is 377 g/mol. The van der Waals surface area contributed by atoms with Gasteiger partial charge in [-0.2, -0.15) is 13.2 Å². The predicted octanol–water partition coefficient (Wildman–Crippen LogP) is 3.82. The molecule has 2 atom stereocenters. The van der Waals surface area contributed by atoms with Crippen molar-refractivity contribution < 1.29 is 21.6 Å². The van der Waals surface area contributed by atoms with Crippen LogP contribution in [0.5, 0.6) is 0 Å². The molecule has 3 rings (SSSR count). The van der Waals surface area contributed by atoms with Crippen molar-refractivity contribution in [3.8, 4) is 0 Å². The molecule has 2 aromatic carbocycles. The average Bonchev–Trinajstić information content (AvgIpc) is 3.09. The first-order valence-corrected chi connectivity index (χ1v) is 10.1. The Balaban J connectivity index is 1.69. The third-order valence-corrected chi connectivity index (χ3v) is 6.36. The largest absolute Gasteiger partial charge is 0.416 e. The summed E-state index contributed by atoms with van der Waals surface area (Å²) in [6.45, 7) is 3.28. The molecule has 0 saturated carbocycles. The summed E-state index contributed by atoms with van der Waals surface area (Å²) in [5, 5.41) is 0.